The largest absolute Gasteiger partial charge is 0.441 e. The van der Waals surface area contributed by atoms with E-state index in [-0.39, 0.29) is 24.7 Å². The van der Waals surface area contributed by atoms with Gasteiger partial charge in [-0.1, -0.05) is 6.92 Å². The Morgan fingerprint density at radius 2 is 1.82 bits per heavy atom. The number of ether oxygens (including phenoxy) is 3. The number of nitrogens with one attached hydrogen (secondary N) is 2. The minimum atomic E-state index is -3.40. The maximum Gasteiger partial charge on any atom is 0.412 e. The van der Waals surface area contributed by atoms with Crippen molar-refractivity contribution in [2.24, 2.45) is 0 Å². The lowest BCUT2D eigenvalue weighted by atomic mass is 10.1. The highest BCUT2D eigenvalue weighted by atomic mass is 32.2. The monoisotopic (exact) mass is 412 g/mol. The van der Waals surface area contributed by atoms with E-state index in [1.807, 2.05) is 0 Å². The number of amides is 1. The summed E-state index contributed by atoms with van der Waals surface area (Å²) in [4.78, 5) is 23.4. The smallest absolute Gasteiger partial charge is 0.412 e. The molecule has 0 aliphatic carbocycles. The maximum atomic E-state index is 12.1. The fraction of sp³-hybridized carbons (Fsp3) is 0.556. The third-order valence-corrected chi connectivity index (χ3v) is 6.22. The minimum absolute atomic E-state index is 0.0334. The Balaban J connectivity index is 1.53. The topological polar surface area (TPSA) is 120 Å². The minimum Gasteiger partial charge on any atom is -0.441 e. The van der Waals surface area contributed by atoms with Crippen molar-refractivity contribution in [1.29, 1.82) is 0 Å². The normalized spacial score (nSPS) is 26.6. The highest BCUT2D eigenvalue weighted by Gasteiger charge is 2.50. The number of ketones is 1. The molecule has 2 aliphatic heterocycles. The Hall–Kier alpha value is -2.01. The highest BCUT2D eigenvalue weighted by molar-refractivity contribution is 7.89. The molecule has 28 heavy (non-hydrogen) atoms. The summed E-state index contributed by atoms with van der Waals surface area (Å²) in [6.07, 6.45) is -1.83. The first-order chi connectivity index (χ1) is 13.3. The molecule has 1 aromatic carbocycles. The van der Waals surface area contributed by atoms with Crippen LogP contribution in [0.15, 0.2) is 24.3 Å². The molecule has 2 heterocycles. The number of carbonyl (C=O) groups excluding carboxylic acids is 2. The van der Waals surface area contributed by atoms with Gasteiger partial charge in [0.2, 0.25) is 10.0 Å². The van der Waals surface area contributed by atoms with Crippen molar-refractivity contribution in [1.82, 2.24) is 4.72 Å². The van der Waals surface area contributed by atoms with Crippen molar-refractivity contribution in [2.75, 3.05) is 24.3 Å². The molecule has 0 saturated carbocycles. The van der Waals surface area contributed by atoms with Gasteiger partial charge in [0.05, 0.1) is 25.0 Å². The van der Waals surface area contributed by atoms with Gasteiger partial charge in [-0.25, -0.2) is 17.9 Å². The van der Waals surface area contributed by atoms with Crippen LogP contribution >= 0.6 is 0 Å². The van der Waals surface area contributed by atoms with E-state index in [2.05, 4.69) is 10.0 Å². The van der Waals surface area contributed by atoms with Gasteiger partial charge in [-0.3, -0.25) is 10.1 Å². The molecule has 4 atom stereocenters. The molecule has 2 fully saturated rings. The number of anilines is 1. The van der Waals surface area contributed by atoms with Crippen LogP contribution in [0.1, 0.15) is 30.6 Å². The molecule has 1 aromatic rings. The molecule has 1 amide bonds. The zero-order valence-electron chi connectivity index (χ0n) is 15.7. The number of carbonyl (C=O) groups is 2. The van der Waals surface area contributed by atoms with E-state index in [4.69, 9.17) is 14.2 Å². The van der Waals surface area contributed by atoms with Gasteiger partial charge in [0, 0.05) is 11.3 Å². The fourth-order valence-corrected chi connectivity index (χ4v) is 4.62. The number of rotatable bonds is 7. The Labute approximate surface area is 163 Å². The second-order valence-electron chi connectivity index (χ2n) is 6.84. The molecule has 0 spiro atoms. The van der Waals surface area contributed by atoms with Gasteiger partial charge >= 0.3 is 6.09 Å². The average Bonchev–Trinajstić information content (AvgIpc) is 3.19. The Morgan fingerprint density at radius 1 is 1.14 bits per heavy atom. The van der Waals surface area contributed by atoms with Crippen LogP contribution in [0.25, 0.3) is 0 Å². The summed E-state index contributed by atoms with van der Waals surface area (Å²) < 4.78 is 43.2. The average molecular weight is 412 g/mol. The second-order valence-corrected chi connectivity index (χ2v) is 8.71. The van der Waals surface area contributed by atoms with Crippen LogP contribution in [0.2, 0.25) is 0 Å². The predicted octanol–water partition coefficient (Wildman–Crippen LogP) is 1.30. The number of hydrogen-bond donors (Lipinski definition) is 2. The predicted molar refractivity (Wildman–Crippen MR) is 101 cm³/mol. The van der Waals surface area contributed by atoms with Crippen LogP contribution in [0.4, 0.5) is 10.5 Å². The first-order valence-electron chi connectivity index (χ1n) is 9.11. The summed E-state index contributed by atoms with van der Waals surface area (Å²) in [5.74, 6) is -0.0307. The van der Waals surface area contributed by atoms with Gasteiger partial charge in [-0.05, 0) is 37.6 Å². The van der Waals surface area contributed by atoms with Crippen LogP contribution in [-0.2, 0) is 24.2 Å². The standard InChI is InChI=1S/C18H24N2O7S/c1-3-8-28(23,24)20-14-9-25-17-15(10-26-16(14)17)27-18(22)19-13-6-4-12(5-7-13)11(2)21/h4-7,14-17,20H,3,8-10H2,1-2H3,(H,19,22)/t14-,15+,16+,17+/m0/s1. The molecule has 0 unspecified atom stereocenters. The lowest BCUT2D eigenvalue weighted by Crippen LogP contribution is -2.45. The van der Waals surface area contributed by atoms with E-state index < -0.39 is 40.5 Å². The van der Waals surface area contributed by atoms with Crippen molar-refractivity contribution >= 4 is 27.6 Å². The van der Waals surface area contributed by atoms with E-state index >= 15 is 0 Å². The van der Waals surface area contributed by atoms with E-state index in [0.29, 0.717) is 17.7 Å². The van der Waals surface area contributed by atoms with Crippen molar-refractivity contribution in [3.05, 3.63) is 29.8 Å². The van der Waals surface area contributed by atoms with Crippen molar-refractivity contribution in [2.45, 2.75) is 44.6 Å². The van der Waals surface area contributed by atoms with Crippen molar-refractivity contribution in [3.63, 3.8) is 0 Å². The summed E-state index contributed by atoms with van der Waals surface area (Å²) in [5.41, 5.74) is 1.03. The van der Waals surface area contributed by atoms with Crippen LogP contribution in [0.3, 0.4) is 0 Å². The molecular formula is C18H24N2O7S. The summed E-state index contributed by atoms with van der Waals surface area (Å²) in [6, 6.07) is 5.93. The summed E-state index contributed by atoms with van der Waals surface area (Å²) in [6.45, 7) is 3.53. The van der Waals surface area contributed by atoms with Gasteiger partial charge < -0.3 is 14.2 Å². The molecule has 2 aliphatic rings. The summed E-state index contributed by atoms with van der Waals surface area (Å²) in [7, 11) is -3.40. The number of fused-ring (bicyclic) bond motifs is 1. The summed E-state index contributed by atoms with van der Waals surface area (Å²) >= 11 is 0. The highest BCUT2D eigenvalue weighted by Crippen LogP contribution is 2.29. The van der Waals surface area contributed by atoms with Crippen LogP contribution in [0, 0.1) is 0 Å². The number of sulfonamides is 1. The van der Waals surface area contributed by atoms with Gasteiger partial charge in [0.1, 0.15) is 12.2 Å². The van der Waals surface area contributed by atoms with Crippen molar-refractivity contribution < 1.29 is 32.2 Å². The van der Waals surface area contributed by atoms with Crippen LogP contribution in [0.5, 0.6) is 0 Å². The molecule has 9 nitrogen and oxygen atoms in total. The van der Waals surface area contributed by atoms with Crippen LogP contribution in [-0.4, -0.2) is 63.6 Å². The van der Waals surface area contributed by atoms with E-state index in [0.717, 1.165) is 0 Å². The SMILES string of the molecule is CCCS(=O)(=O)N[C@H]1CO[C@H]2[C@@H]1OC[C@H]2OC(=O)Nc1ccc(C(C)=O)cc1. The Kier molecular flexibility index (Phi) is 6.33. The third-order valence-electron chi connectivity index (χ3n) is 4.61. The van der Waals surface area contributed by atoms with E-state index in [9.17, 15) is 18.0 Å². The molecule has 0 bridgehead atoms. The van der Waals surface area contributed by atoms with Crippen LogP contribution < -0.4 is 10.0 Å². The number of Topliss-reactive ketones (excluding diaryl/α,β-unsaturated/α-hetero) is 1. The Morgan fingerprint density at radius 3 is 2.46 bits per heavy atom. The lowest BCUT2D eigenvalue weighted by molar-refractivity contribution is 0.00883. The Bertz CT molecular complexity index is 825. The fourth-order valence-electron chi connectivity index (χ4n) is 3.30. The number of benzene rings is 1. The van der Waals surface area contributed by atoms with Gasteiger partial charge in [-0.15, -0.1) is 0 Å². The molecule has 2 saturated heterocycles. The maximum absolute atomic E-state index is 12.1. The number of hydrogen-bond acceptors (Lipinski definition) is 7. The second kappa shape index (κ2) is 8.56. The molecule has 2 N–H and O–H groups in total. The van der Waals surface area contributed by atoms with Gasteiger partial charge in [-0.2, -0.15) is 0 Å². The zero-order valence-corrected chi connectivity index (χ0v) is 16.5. The van der Waals surface area contributed by atoms with E-state index in [1.54, 1.807) is 31.2 Å². The van der Waals surface area contributed by atoms with Gasteiger partial charge in [0.25, 0.3) is 0 Å². The summed E-state index contributed by atoms with van der Waals surface area (Å²) in [5, 5.41) is 2.59. The quantitative estimate of drug-likeness (QED) is 0.648. The molecule has 0 aromatic heterocycles. The molecule has 10 heteroatoms. The first kappa shape index (κ1) is 20.7. The van der Waals surface area contributed by atoms with E-state index in [1.165, 1.54) is 6.92 Å². The lowest BCUT2D eigenvalue weighted by Gasteiger charge is -2.18. The molecule has 3 rings (SSSR count). The zero-order chi connectivity index (χ0) is 20.3. The first-order valence-corrected chi connectivity index (χ1v) is 10.8. The third kappa shape index (κ3) is 4.88. The molecular weight excluding hydrogens is 388 g/mol. The molecule has 154 valence electrons. The van der Waals surface area contributed by atoms with Gasteiger partial charge in [0.15, 0.2) is 11.9 Å². The molecule has 0 radical (unpaired) electrons. The van der Waals surface area contributed by atoms with Crippen molar-refractivity contribution in [3.8, 4) is 0 Å².